The van der Waals surface area contributed by atoms with Crippen molar-refractivity contribution in [3.05, 3.63) is 77.4 Å². The first-order chi connectivity index (χ1) is 19.0. The van der Waals surface area contributed by atoms with Gasteiger partial charge in [-0.2, -0.15) is 0 Å². The van der Waals surface area contributed by atoms with Crippen LogP contribution in [0.3, 0.4) is 0 Å². The van der Waals surface area contributed by atoms with Crippen molar-refractivity contribution in [2.24, 2.45) is 0 Å². The molecule has 0 bridgehead atoms. The number of para-hydroxylation sites is 1. The molecule has 2 atom stereocenters. The number of nitrogens with zero attached hydrogens (tertiary/aromatic N) is 2. The summed E-state index contributed by atoms with van der Waals surface area (Å²) >= 11 is 0. The van der Waals surface area contributed by atoms with E-state index in [-0.39, 0.29) is 30.1 Å². The molecule has 0 radical (unpaired) electrons. The quantitative estimate of drug-likeness (QED) is 0.338. The topological polar surface area (TPSA) is 94.8 Å². The van der Waals surface area contributed by atoms with E-state index in [4.69, 9.17) is 19.2 Å². The zero-order valence-electron chi connectivity index (χ0n) is 21.2. The maximum atomic E-state index is 14.4. The number of carboxylic acids is 1. The monoisotopic (exact) mass is 529 g/mol. The molecule has 0 spiro atoms. The minimum Gasteiger partial charge on any atom is -0.493 e. The van der Waals surface area contributed by atoms with Crippen molar-refractivity contribution in [1.82, 2.24) is 9.55 Å². The van der Waals surface area contributed by atoms with Crippen molar-refractivity contribution >= 4 is 22.7 Å². The number of fused-ring (bicyclic) bond motifs is 3. The molecule has 2 N–H and O–H groups in total. The van der Waals surface area contributed by atoms with Crippen molar-refractivity contribution < 1.29 is 28.5 Å². The Balaban J connectivity index is 1.23. The normalized spacial score (nSPS) is 20.3. The van der Waals surface area contributed by atoms with Crippen molar-refractivity contribution in [1.29, 1.82) is 0 Å². The number of nitrogens with one attached hydrogen (secondary N) is 1. The number of carbonyl (C=O) groups is 1. The summed E-state index contributed by atoms with van der Waals surface area (Å²) in [7, 11) is 0. The van der Waals surface area contributed by atoms with Crippen LogP contribution in [0.1, 0.15) is 54.1 Å². The molecule has 1 fully saturated rings. The molecule has 4 aromatic rings. The Hall–Kier alpha value is -4.11. The Morgan fingerprint density at radius 1 is 1.05 bits per heavy atom. The van der Waals surface area contributed by atoms with Gasteiger partial charge in [0.25, 0.3) is 0 Å². The standard InChI is InChI=1S/C30H28FN3O5/c31-19-4-7-23-26(13-19)34(30(33-23)17-8-10-37-11-9-17)25-3-1-2-22-24(16-39-29(22)25)32-20-5-6-21-18(12-28(35)36)15-38-27(21)14-20/h1-7,13-14,17-18,24,32H,8-12,15-16H2,(H,35,36). The van der Waals surface area contributed by atoms with E-state index in [0.717, 1.165) is 58.0 Å². The third kappa shape index (κ3) is 4.27. The van der Waals surface area contributed by atoms with Gasteiger partial charge < -0.3 is 24.6 Å². The molecule has 2 unspecified atom stereocenters. The summed E-state index contributed by atoms with van der Waals surface area (Å²) < 4.78 is 34.1. The molecule has 3 aliphatic heterocycles. The highest BCUT2D eigenvalue weighted by molar-refractivity contribution is 5.80. The second kappa shape index (κ2) is 9.57. The molecule has 1 saturated heterocycles. The van der Waals surface area contributed by atoms with E-state index in [2.05, 4.69) is 9.88 Å². The lowest BCUT2D eigenvalue weighted by atomic mass is 9.97. The molecule has 3 aliphatic rings. The van der Waals surface area contributed by atoms with Crippen LogP contribution in [-0.4, -0.2) is 47.1 Å². The number of hydrogen-bond acceptors (Lipinski definition) is 6. The van der Waals surface area contributed by atoms with Crippen LogP contribution in [0.15, 0.2) is 54.6 Å². The number of ether oxygens (including phenoxy) is 3. The van der Waals surface area contributed by atoms with Crippen LogP contribution in [0.5, 0.6) is 11.5 Å². The van der Waals surface area contributed by atoms with Gasteiger partial charge in [-0.15, -0.1) is 0 Å². The van der Waals surface area contributed by atoms with Crippen LogP contribution < -0.4 is 14.8 Å². The van der Waals surface area contributed by atoms with Gasteiger partial charge in [-0.05, 0) is 37.1 Å². The Bertz CT molecular complexity index is 1580. The average Bonchev–Trinajstić information content (AvgIpc) is 3.64. The van der Waals surface area contributed by atoms with Gasteiger partial charge >= 0.3 is 5.97 Å². The van der Waals surface area contributed by atoms with E-state index >= 15 is 0 Å². The van der Waals surface area contributed by atoms with Gasteiger partial charge in [-0.25, -0.2) is 9.37 Å². The summed E-state index contributed by atoms with van der Waals surface area (Å²) in [4.78, 5) is 16.1. The van der Waals surface area contributed by atoms with E-state index in [0.29, 0.717) is 32.2 Å². The first-order valence-electron chi connectivity index (χ1n) is 13.3. The first-order valence-corrected chi connectivity index (χ1v) is 13.3. The zero-order chi connectivity index (χ0) is 26.5. The Kier molecular flexibility index (Phi) is 5.88. The SMILES string of the molecule is O=C(O)CC1COc2cc(NC3COc4c3cccc4-n3c(C4CCOCC4)nc4ccc(F)cc43)ccc21. The molecule has 0 saturated carbocycles. The van der Waals surface area contributed by atoms with Gasteiger partial charge in [0.15, 0.2) is 0 Å². The minimum absolute atomic E-state index is 0.0507. The zero-order valence-corrected chi connectivity index (χ0v) is 21.2. The Morgan fingerprint density at radius 2 is 1.92 bits per heavy atom. The fraction of sp³-hybridized carbons (Fsp3) is 0.333. The summed E-state index contributed by atoms with van der Waals surface area (Å²) in [5, 5.41) is 12.7. The smallest absolute Gasteiger partial charge is 0.304 e. The summed E-state index contributed by atoms with van der Waals surface area (Å²) in [6, 6.07) is 16.5. The predicted molar refractivity (Wildman–Crippen MR) is 143 cm³/mol. The van der Waals surface area contributed by atoms with E-state index in [1.54, 1.807) is 6.07 Å². The number of aliphatic carboxylic acids is 1. The van der Waals surface area contributed by atoms with Crippen LogP contribution in [0.2, 0.25) is 0 Å². The Morgan fingerprint density at radius 3 is 2.77 bits per heavy atom. The number of carboxylic acid groups (broad SMARTS) is 1. The number of imidazole rings is 1. The highest BCUT2D eigenvalue weighted by Crippen LogP contribution is 2.43. The van der Waals surface area contributed by atoms with E-state index in [1.807, 2.05) is 36.4 Å². The molecule has 9 heteroatoms. The van der Waals surface area contributed by atoms with E-state index in [1.165, 1.54) is 12.1 Å². The summed E-state index contributed by atoms with van der Waals surface area (Å²) in [5.74, 6) is 1.31. The molecule has 7 rings (SSSR count). The lowest BCUT2D eigenvalue weighted by molar-refractivity contribution is -0.137. The summed E-state index contributed by atoms with van der Waals surface area (Å²) in [6.07, 6.45) is 1.77. The third-order valence-corrected chi connectivity index (χ3v) is 7.92. The van der Waals surface area contributed by atoms with Gasteiger partial charge in [0.05, 0.1) is 35.8 Å². The maximum absolute atomic E-state index is 14.4. The van der Waals surface area contributed by atoms with E-state index < -0.39 is 5.97 Å². The molecule has 200 valence electrons. The molecule has 0 aliphatic carbocycles. The van der Waals surface area contributed by atoms with Crippen molar-refractivity contribution in [3.63, 3.8) is 0 Å². The van der Waals surface area contributed by atoms with Crippen molar-refractivity contribution in [2.45, 2.75) is 37.1 Å². The number of hydrogen-bond donors (Lipinski definition) is 2. The highest BCUT2D eigenvalue weighted by Gasteiger charge is 2.32. The van der Waals surface area contributed by atoms with Crippen molar-refractivity contribution in [3.8, 4) is 17.2 Å². The van der Waals surface area contributed by atoms with Crippen LogP contribution in [-0.2, 0) is 9.53 Å². The average molecular weight is 530 g/mol. The van der Waals surface area contributed by atoms with Gasteiger partial charge in [0.2, 0.25) is 0 Å². The number of anilines is 1. The van der Waals surface area contributed by atoms with Gasteiger partial charge in [-0.1, -0.05) is 18.2 Å². The lowest BCUT2D eigenvalue weighted by Gasteiger charge is -2.23. The van der Waals surface area contributed by atoms with Crippen LogP contribution >= 0.6 is 0 Å². The first kappa shape index (κ1) is 24.0. The minimum atomic E-state index is -0.831. The molecule has 8 nitrogen and oxygen atoms in total. The largest absolute Gasteiger partial charge is 0.493 e. The van der Waals surface area contributed by atoms with Gasteiger partial charge in [0.1, 0.15) is 29.7 Å². The molecular formula is C30H28FN3O5. The van der Waals surface area contributed by atoms with Gasteiger partial charge in [-0.3, -0.25) is 9.36 Å². The summed E-state index contributed by atoms with van der Waals surface area (Å²) in [6.45, 7) is 2.16. The highest BCUT2D eigenvalue weighted by atomic mass is 19.1. The number of halogens is 1. The maximum Gasteiger partial charge on any atom is 0.304 e. The number of aromatic nitrogens is 2. The number of benzene rings is 3. The second-order valence-electron chi connectivity index (χ2n) is 10.4. The fourth-order valence-electron chi connectivity index (χ4n) is 6.02. The summed E-state index contributed by atoms with van der Waals surface area (Å²) in [5.41, 5.74) is 5.12. The molecular weight excluding hydrogens is 501 g/mol. The Labute approximate surface area is 224 Å². The molecule has 0 amide bonds. The van der Waals surface area contributed by atoms with E-state index in [9.17, 15) is 14.3 Å². The predicted octanol–water partition coefficient (Wildman–Crippen LogP) is 5.55. The van der Waals surface area contributed by atoms with Crippen LogP contribution in [0.4, 0.5) is 10.1 Å². The molecule has 39 heavy (non-hydrogen) atoms. The van der Waals surface area contributed by atoms with Crippen LogP contribution in [0.25, 0.3) is 16.7 Å². The lowest BCUT2D eigenvalue weighted by Crippen LogP contribution is -2.18. The molecule has 4 heterocycles. The van der Waals surface area contributed by atoms with Crippen LogP contribution in [0, 0.1) is 5.82 Å². The third-order valence-electron chi connectivity index (χ3n) is 7.92. The fourth-order valence-corrected chi connectivity index (χ4v) is 6.02. The molecule has 1 aromatic heterocycles. The molecule has 3 aromatic carbocycles. The second-order valence-corrected chi connectivity index (χ2v) is 10.4. The van der Waals surface area contributed by atoms with Crippen molar-refractivity contribution in [2.75, 3.05) is 31.7 Å². The number of rotatable bonds is 6. The van der Waals surface area contributed by atoms with Gasteiger partial charge in [0, 0.05) is 54.0 Å².